The molecule has 24 heavy (non-hydrogen) atoms. The minimum atomic E-state index is -1.10. The lowest BCUT2D eigenvalue weighted by Crippen LogP contribution is -2.13. The molecular weight excluding hydrogens is 312 g/mol. The van der Waals surface area contributed by atoms with Crippen molar-refractivity contribution >= 4 is 29.3 Å². The number of aromatic carboxylic acids is 1. The zero-order chi connectivity index (χ0) is 17.7. The van der Waals surface area contributed by atoms with Crippen LogP contribution in [0.15, 0.2) is 54.1 Å². The Labute approximate surface area is 137 Å². The van der Waals surface area contributed by atoms with Crippen LogP contribution in [0.4, 0.5) is 11.4 Å². The van der Waals surface area contributed by atoms with Crippen molar-refractivity contribution in [1.29, 1.82) is 0 Å². The summed E-state index contributed by atoms with van der Waals surface area (Å²) >= 11 is 0. The number of carbonyl (C=O) groups excluding carboxylic acids is 1. The first kappa shape index (κ1) is 16.9. The lowest BCUT2D eigenvalue weighted by atomic mass is 10.1. The fraction of sp³-hybridized carbons (Fsp3) is 0.0588. The summed E-state index contributed by atoms with van der Waals surface area (Å²) in [5, 5.41) is 22.5. The van der Waals surface area contributed by atoms with Crippen LogP contribution in [-0.4, -0.2) is 21.9 Å². The molecule has 0 aliphatic rings. The summed E-state index contributed by atoms with van der Waals surface area (Å²) in [4.78, 5) is 33.6. The van der Waals surface area contributed by atoms with Crippen molar-refractivity contribution in [1.82, 2.24) is 0 Å². The number of rotatable bonds is 5. The number of carboxylic acids is 1. The summed E-state index contributed by atoms with van der Waals surface area (Å²) in [5.74, 6) is -1.58. The van der Waals surface area contributed by atoms with Gasteiger partial charge in [0.25, 0.3) is 11.6 Å². The van der Waals surface area contributed by atoms with Crippen LogP contribution in [0.25, 0.3) is 6.08 Å². The maximum absolute atomic E-state index is 12.2. The molecule has 7 heteroatoms. The quantitative estimate of drug-likeness (QED) is 0.497. The molecule has 0 atom stereocenters. The molecule has 2 N–H and O–H groups in total. The summed E-state index contributed by atoms with van der Waals surface area (Å²) in [6.07, 6.45) is 1.41. The molecule has 2 aromatic carbocycles. The monoisotopic (exact) mass is 326 g/mol. The second-order valence-corrected chi connectivity index (χ2v) is 4.98. The molecule has 2 rings (SSSR count). The third kappa shape index (κ3) is 4.04. The van der Waals surface area contributed by atoms with Gasteiger partial charge >= 0.3 is 5.97 Å². The molecule has 0 heterocycles. The van der Waals surface area contributed by atoms with Crippen molar-refractivity contribution in [2.24, 2.45) is 0 Å². The zero-order valence-corrected chi connectivity index (χ0v) is 12.7. The highest BCUT2D eigenvalue weighted by Crippen LogP contribution is 2.21. The first-order valence-corrected chi connectivity index (χ1v) is 6.95. The molecule has 0 saturated carbocycles. The summed E-state index contributed by atoms with van der Waals surface area (Å²) in [6.45, 7) is 1.52. The lowest BCUT2D eigenvalue weighted by molar-refractivity contribution is -0.385. The predicted molar refractivity (Wildman–Crippen MR) is 88.8 cm³/mol. The molecule has 1 amide bonds. The molecular formula is C17H14N2O5. The highest BCUT2D eigenvalue weighted by molar-refractivity contribution is 6.06. The van der Waals surface area contributed by atoms with E-state index in [0.29, 0.717) is 11.3 Å². The van der Waals surface area contributed by atoms with Gasteiger partial charge in [-0.1, -0.05) is 18.2 Å². The Balaban J connectivity index is 2.22. The molecule has 0 unspecified atom stereocenters. The van der Waals surface area contributed by atoms with Crippen molar-refractivity contribution in [2.45, 2.75) is 6.92 Å². The van der Waals surface area contributed by atoms with Gasteiger partial charge in [-0.3, -0.25) is 14.9 Å². The largest absolute Gasteiger partial charge is 0.478 e. The maximum Gasteiger partial charge on any atom is 0.335 e. The second-order valence-electron chi connectivity index (χ2n) is 4.98. The van der Waals surface area contributed by atoms with Gasteiger partial charge in [0.2, 0.25) is 0 Å². The van der Waals surface area contributed by atoms with Crippen LogP contribution in [0.2, 0.25) is 0 Å². The van der Waals surface area contributed by atoms with Crippen LogP contribution < -0.4 is 5.32 Å². The number of benzene rings is 2. The standard InChI is InChI=1S/C17H14N2O5/c1-11(9-12-5-2-3-8-15(12)19(23)24)16(20)18-14-7-4-6-13(10-14)17(21)22/h2-10H,1H3,(H,18,20)(H,21,22)/b11-9+. The molecule has 0 radical (unpaired) electrons. The number of nitro benzene ring substituents is 1. The van der Waals surface area contributed by atoms with Crippen LogP contribution in [0, 0.1) is 10.1 Å². The molecule has 7 nitrogen and oxygen atoms in total. The van der Waals surface area contributed by atoms with Gasteiger partial charge in [-0.05, 0) is 37.3 Å². The molecule has 0 aliphatic heterocycles. The van der Waals surface area contributed by atoms with Crippen LogP contribution in [0.5, 0.6) is 0 Å². The minimum Gasteiger partial charge on any atom is -0.478 e. The molecule has 0 aliphatic carbocycles. The normalized spacial score (nSPS) is 11.0. The van der Waals surface area contributed by atoms with Gasteiger partial charge in [0.15, 0.2) is 0 Å². The average Bonchev–Trinajstić information content (AvgIpc) is 2.55. The van der Waals surface area contributed by atoms with Crippen molar-refractivity contribution in [2.75, 3.05) is 5.32 Å². The number of para-hydroxylation sites is 1. The number of carboxylic acid groups (broad SMARTS) is 1. The van der Waals surface area contributed by atoms with E-state index < -0.39 is 16.8 Å². The van der Waals surface area contributed by atoms with Gasteiger partial charge < -0.3 is 10.4 Å². The summed E-state index contributed by atoms with van der Waals surface area (Å²) in [7, 11) is 0. The molecule has 0 aromatic heterocycles. The van der Waals surface area contributed by atoms with Gasteiger partial charge in [-0.25, -0.2) is 4.79 Å². The molecule has 0 fully saturated rings. The number of hydrogen-bond donors (Lipinski definition) is 2. The van der Waals surface area contributed by atoms with E-state index in [1.165, 1.54) is 37.3 Å². The van der Waals surface area contributed by atoms with E-state index in [1.807, 2.05) is 0 Å². The number of nitro groups is 1. The van der Waals surface area contributed by atoms with Gasteiger partial charge in [0.05, 0.1) is 16.1 Å². The minimum absolute atomic E-state index is 0.0492. The molecule has 2 aromatic rings. The van der Waals surface area contributed by atoms with Gasteiger partial charge in [-0.2, -0.15) is 0 Å². The van der Waals surface area contributed by atoms with Crippen LogP contribution in [-0.2, 0) is 4.79 Å². The van der Waals surface area contributed by atoms with E-state index in [1.54, 1.807) is 24.3 Å². The second kappa shape index (κ2) is 7.19. The number of carbonyl (C=O) groups is 2. The Hall–Kier alpha value is -3.48. The molecule has 122 valence electrons. The molecule has 0 bridgehead atoms. The average molecular weight is 326 g/mol. The predicted octanol–water partition coefficient (Wildman–Crippen LogP) is 3.34. The Bertz CT molecular complexity index is 842. The number of hydrogen-bond acceptors (Lipinski definition) is 4. The Kier molecular flexibility index (Phi) is 5.06. The maximum atomic E-state index is 12.2. The van der Waals surface area contributed by atoms with Crippen LogP contribution >= 0.6 is 0 Å². The van der Waals surface area contributed by atoms with E-state index in [4.69, 9.17) is 5.11 Å². The van der Waals surface area contributed by atoms with Crippen LogP contribution in [0.1, 0.15) is 22.8 Å². The van der Waals surface area contributed by atoms with Crippen molar-refractivity contribution in [3.8, 4) is 0 Å². The number of nitrogens with zero attached hydrogens (tertiary/aromatic N) is 1. The first-order chi connectivity index (χ1) is 11.4. The van der Waals surface area contributed by atoms with Crippen molar-refractivity contribution in [3.63, 3.8) is 0 Å². The fourth-order valence-electron chi connectivity index (χ4n) is 2.03. The zero-order valence-electron chi connectivity index (χ0n) is 12.7. The van der Waals surface area contributed by atoms with Crippen molar-refractivity contribution < 1.29 is 19.6 Å². The fourth-order valence-corrected chi connectivity index (χ4v) is 2.03. The Morgan fingerprint density at radius 3 is 2.54 bits per heavy atom. The van der Waals surface area contributed by atoms with Gasteiger partial charge in [-0.15, -0.1) is 0 Å². The van der Waals surface area contributed by atoms with Crippen LogP contribution in [0.3, 0.4) is 0 Å². The highest BCUT2D eigenvalue weighted by Gasteiger charge is 2.13. The molecule has 0 spiro atoms. The summed E-state index contributed by atoms with van der Waals surface area (Å²) in [5.41, 5.74) is 0.848. The van der Waals surface area contributed by atoms with Gasteiger partial charge in [0.1, 0.15) is 0 Å². The SMILES string of the molecule is C/C(=C\c1ccccc1[N+](=O)[O-])C(=O)Nc1cccc(C(=O)O)c1. The Morgan fingerprint density at radius 1 is 1.17 bits per heavy atom. The third-order valence-electron chi connectivity index (χ3n) is 3.23. The third-order valence-corrected chi connectivity index (χ3v) is 3.23. The van der Waals surface area contributed by atoms with E-state index in [0.717, 1.165) is 0 Å². The highest BCUT2D eigenvalue weighted by atomic mass is 16.6. The lowest BCUT2D eigenvalue weighted by Gasteiger charge is -2.06. The summed E-state index contributed by atoms with van der Waals surface area (Å²) < 4.78 is 0. The Morgan fingerprint density at radius 2 is 1.88 bits per heavy atom. The van der Waals surface area contributed by atoms with E-state index in [2.05, 4.69) is 5.32 Å². The van der Waals surface area contributed by atoms with E-state index in [9.17, 15) is 19.7 Å². The summed E-state index contributed by atoms with van der Waals surface area (Å²) in [6, 6.07) is 11.9. The van der Waals surface area contributed by atoms with E-state index in [-0.39, 0.29) is 16.8 Å². The van der Waals surface area contributed by atoms with Crippen molar-refractivity contribution in [3.05, 3.63) is 75.3 Å². The number of amides is 1. The number of anilines is 1. The van der Waals surface area contributed by atoms with E-state index >= 15 is 0 Å². The topological polar surface area (TPSA) is 110 Å². The number of nitrogens with one attached hydrogen (secondary N) is 1. The first-order valence-electron chi connectivity index (χ1n) is 6.95. The van der Waals surface area contributed by atoms with Gasteiger partial charge in [0, 0.05) is 17.3 Å². The molecule has 0 saturated heterocycles. The smallest absolute Gasteiger partial charge is 0.335 e.